The molecule has 2 N–H and O–H groups in total. The Kier molecular flexibility index (Phi) is 3.69. The quantitative estimate of drug-likeness (QED) is 0.915. The number of aryl methyl sites for hydroxylation is 1. The Balaban J connectivity index is 2.61. The molecule has 1 aromatic heterocycles. The first-order chi connectivity index (χ1) is 9.00. The predicted octanol–water partition coefficient (Wildman–Crippen LogP) is 2.61. The van der Waals surface area contributed by atoms with Crippen molar-refractivity contribution in [3.05, 3.63) is 41.9 Å². The molecule has 100 valence electrons. The lowest BCUT2D eigenvalue weighted by atomic mass is 10.0. The van der Waals surface area contributed by atoms with Gasteiger partial charge in [0.2, 0.25) is 0 Å². The van der Waals surface area contributed by atoms with Gasteiger partial charge >= 0.3 is 0 Å². The van der Waals surface area contributed by atoms with Gasteiger partial charge in [-0.1, -0.05) is 38.1 Å². The number of imidazole rings is 1. The Morgan fingerprint density at radius 1 is 1.37 bits per heavy atom. The van der Waals surface area contributed by atoms with Crippen molar-refractivity contribution in [2.24, 2.45) is 11.7 Å². The molecule has 0 saturated carbocycles. The molecule has 1 amide bonds. The summed E-state index contributed by atoms with van der Waals surface area (Å²) >= 11 is 0. The first kappa shape index (κ1) is 13.3. The van der Waals surface area contributed by atoms with Crippen molar-refractivity contribution >= 4 is 5.91 Å². The maximum atomic E-state index is 11.6. The average Bonchev–Trinajstić information content (AvgIpc) is 2.72. The van der Waals surface area contributed by atoms with Crippen LogP contribution in [0.4, 0.5) is 0 Å². The molecular weight excluding hydrogens is 238 g/mol. The highest BCUT2D eigenvalue weighted by atomic mass is 16.1. The number of carbonyl (C=O) groups excluding carboxylic acids is 1. The van der Waals surface area contributed by atoms with Crippen LogP contribution in [0.2, 0.25) is 0 Å². The number of aromatic nitrogens is 2. The first-order valence-corrected chi connectivity index (χ1v) is 6.41. The maximum Gasteiger partial charge on any atom is 0.269 e. The molecule has 0 aliphatic heterocycles. The maximum absolute atomic E-state index is 11.6. The minimum Gasteiger partial charge on any atom is -0.364 e. The molecule has 0 aliphatic carbocycles. The lowest BCUT2D eigenvalue weighted by molar-refractivity contribution is 0.0996. The van der Waals surface area contributed by atoms with E-state index in [9.17, 15) is 4.79 Å². The van der Waals surface area contributed by atoms with Crippen molar-refractivity contribution in [3.63, 3.8) is 0 Å². The summed E-state index contributed by atoms with van der Waals surface area (Å²) in [5.74, 6) is -0.0153. The van der Waals surface area contributed by atoms with Crippen LogP contribution in [-0.4, -0.2) is 15.5 Å². The Morgan fingerprint density at radius 2 is 2.05 bits per heavy atom. The molecule has 4 nitrogen and oxygen atoms in total. The fourth-order valence-electron chi connectivity index (χ4n) is 2.22. The van der Waals surface area contributed by atoms with E-state index in [-0.39, 0.29) is 0 Å². The van der Waals surface area contributed by atoms with E-state index in [1.165, 1.54) is 0 Å². The summed E-state index contributed by atoms with van der Waals surface area (Å²) in [6.45, 7) is 7.09. The summed E-state index contributed by atoms with van der Waals surface area (Å²) in [5, 5.41) is 0. The number of hydrogen-bond acceptors (Lipinski definition) is 2. The lowest BCUT2D eigenvalue weighted by Crippen LogP contribution is -2.14. The van der Waals surface area contributed by atoms with Crippen LogP contribution in [0.15, 0.2) is 30.6 Å². The molecule has 0 fully saturated rings. The number of amides is 1. The van der Waals surface area contributed by atoms with Crippen molar-refractivity contribution in [2.75, 3.05) is 0 Å². The van der Waals surface area contributed by atoms with Gasteiger partial charge in [-0.15, -0.1) is 0 Å². The minimum atomic E-state index is -0.485. The highest BCUT2D eigenvalue weighted by molar-refractivity contribution is 5.97. The van der Waals surface area contributed by atoms with Gasteiger partial charge in [-0.25, -0.2) is 4.98 Å². The minimum absolute atomic E-state index is 0.343. The summed E-state index contributed by atoms with van der Waals surface area (Å²) < 4.78 is 2.01. The molecule has 2 rings (SSSR count). The number of carbonyl (C=O) groups is 1. The van der Waals surface area contributed by atoms with E-state index in [0.29, 0.717) is 11.6 Å². The zero-order valence-electron chi connectivity index (χ0n) is 11.6. The fraction of sp³-hybridized carbons (Fsp3) is 0.333. The van der Waals surface area contributed by atoms with E-state index in [1.54, 1.807) is 6.33 Å². The fourth-order valence-corrected chi connectivity index (χ4v) is 2.22. The molecular formula is C15H19N3O. The van der Waals surface area contributed by atoms with Crippen molar-refractivity contribution in [2.45, 2.75) is 27.3 Å². The first-order valence-electron chi connectivity index (χ1n) is 6.41. The van der Waals surface area contributed by atoms with Crippen LogP contribution in [-0.2, 0) is 6.54 Å². The van der Waals surface area contributed by atoms with E-state index >= 15 is 0 Å². The molecule has 2 aromatic rings. The predicted molar refractivity (Wildman–Crippen MR) is 75.8 cm³/mol. The van der Waals surface area contributed by atoms with E-state index in [2.05, 4.69) is 18.8 Å². The number of nitrogens with two attached hydrogens (primary N) is 1. The van der Waals surface area contributed by atoms with E-state index < -0.39 is 5.91 Å². The van der Waals surface area contributed by atoms with Crippen molar-refractivity contribution in [1.82, 2.24) is 9.55 Å². The van der Waals surface area contributed by atoms with E-state index in [1.807, 2.05) is 35.8 Å². The van der Waals surface area contributed by atoms with Crippen molar-refractivity contribution in [3.8, 4) is 11.3 Å². The molecule has 4 heteroatoms. The van der Waals surface area contributed by atoms with Crippen LogP contribution in [0.25, 0.3) is 11.3 Å². The topological polar surface area (TPSA) is 60.9 Å². The molecule has 0 radical (unpaired) electrons. The largest absolute Gasteiger partial charge is 0.364 e. The van der Waals surface area contributed by atoms with Gasteiger partial charge in [-0.3, -0.25) is 4.79 Å². The second-order valence-electron chi connectivity index (χ2n) is 5.17. The standard InChI is InChI=1S/C15H19N3O/c1-10(2)8-18-9-17-13(15(16)19)14(18)12-7-5-4-6-11(12)3/h4-7,9-10H,8H2,1-3H3,(H2,16,19). The van der Waals surface area contributed by atoms with Crippen LogP contribution in [0.5, 0.6) is 0 Å². The molecule has 0 atom stereocenters. The van der Waals surface area contributed by atoms with Gasteiger partial charge in [-0.05, 0) is 18.4 Å². The summed E-state index contributed by atoms with van der Waals surface area (Å²) in [6.07, 6.45) is 1.70. The van der Waals surface area contributed by atoms with E-state index in [4.69, 9.17) is 5.73 Å². The summed E-state index contributed by atoms with van der Waals surface area (Å²) in [6, 6.07) is 7.95. The second-order valence-corrected chi connectivity index (χ2v) is 5.17. The average molecular weight is 257 g/mol. The lowest BCUT2D eigenvalue weighted by Gasteiger charge is -2.13. The Bertz CT molecular complexity index is 599. The third-order valence-electron chi connectivity index (χ3n) is 3.03. The van der Waals surface area contributed by atoms with Gasteiger partial charge in [0, 0.05) is 12.1 Å². The second kappa shape index (κ2) is 5.26. The van der Waals surface area contributed by atoms with Crippen molar-refractivity contribution < 1.29 is 4.79 Å². The molecule has 0 unspecified atom stereocenters. The highest BCUT2D eigenvalue weighted by Crippen LogP contribution is 2.27. The smallest absolute Gasteiger partial charge is 0.269 e. The van der Waals surface area contributed by atoms with Gasteiger partial charge in [0.05, 0.1) is 12.0 Å². The molecule has 0 aliphatic rings. The molecule has 0 bridgehead atoms. The molecule has 0 spiro atoms. The van der Waals surface area contributed by atoms with Crippen LogP contribution in [0.1, 0.15) is 29.9 Å². The number of nitrogens with zero attached hydrogens (tertiary/aromatic N) is 2. The zero-order valence-corrected chi connectivity index (χ0v) is 11.6. The van der Waals surface area contributed by atoms with Crippen LogP contribution in [0, 0.1) is 12.8 Å². The summed E-state index contributed by atoms with van der Waals surface area (Å²) in [4.78, 5) is 15.7. The van der Waals surface area contributed by atoms with Crippen LogP contribution < -0.4 is 5.73 Å². The highest BCUT2D eigenvalue weighted by Gasteiger charge is 2.18. The summed E-state index contributed by atoms with van der Waals surface area (Å²) in [7, 11) is 0. The third kappa shape index (κ3) is 2.67. The van der Waals surface area contributed by atoms with Gasteiger partial charge in [-0.2, -0.15) is 0 Å². The number of primary amides is 1. The van der Waals surface area contributed by atoms with E-state index in [0.717, 1.165) is 23.4 Å². The number of benzene rings is 1. The molecule has 1 aromatic carbocycles. The van der Waals surface area contributed by atoms with Gasteiger partial charge in [0.15, 0.2) is 5.69 Å². The van der Waals surface area contributed by atoms with Gasteiger partial charge in [0.25, 0.3) is 5.91 Å². The van der Waals surface area contributed by atoms with Gasteiger partial charge in [0.1, 0.15) is 0 Å². The normalized spacial score (nSPS) is 10.9. The molecule has 19 heavy (non-hydrogen) atoms. The van der Waals surface area contributed by atoms with Crippen molar-refractivity contribution in [1.29, 1.82) is 0 Å². The summed E-state index contributed by atoms with van der Waals surface area (Å²) in [5.41, 5.74) is 8.71. The van der Waals surface area contributed by atoms with Gasteiger partial charge < -0.3 is 10.3 Å². The van der Waals surface area contributed by atoms with Crippen LogP contribution in [0.3, 0.4) is 0 Å². The monoisotopic (exact) mass is 257 g/mol. The Morgan fingerprint density at radius 3 is 2.63 bits per heavy atom. The Labute approximate surface area is 113 Å². The Hall–Kier alpha value is -2.10. The molecule has 0 saturated heterocycles. The van der Waals surface area contributed by atoms with Crippen LogP contribution >= 0.6 is 0 Å². The zero-order chi connectivity index (χ0) is 14.0. The number of rotatable bonds is 4. The SMILES string of the molecule is Cc1ccccc1-c1c(C(N)=O)ncn1CC(C)C. The molecule has 1 heterocycles. The number of hydrogen-bond donors (Lipinski definition) is 1. The third-order valence-corrected chi connectivity index (χ3v) is 3.03.